The molecule has 1 aliphatic rings. The molecular weight excluding hydrogens is 246 g/mol. The second-order valence-electron chi connectivity index (χ2n) is 6.51. The van der Waals surface area contributed by atoms with Gasteiger partial charge in [-0.25, -0.2) is 9.97 Å². The molecule has 0 bridgehead atoms. The van der Waals surface area contributed by atoms with Crippen LogP contribution in [0.15, 0.2) is 36.5 Å². The van der Waals surface area contributed by atoms with Gasteiger partial charge in [-0.3, -0.25) is 0 Å². The first-order chi connectivity index (χ1) is 9.52. The molecule has 0 aliphatic heterocycles. The minimum atomic E-state index is 0.183. The summed E-state index contributed by atoms with van der Waals surface area (Å²) in [5.41, 5.74) is 3.64. The lowest BCUT2D eigenvalue weighted by molar-refractivity contribution is 0.590. The molecule has 0 spiro atoms. The number of nitrogens with one attached hydrogen (secondary N) is 1. The molecule has 0 amide bonds. The molecule has 2 aromatic rings. The molecule has 0 radical (unpaired) electrons. The summed E-state index contributed by atoms with van der Waals surface area (Å²) in [5, 5.41) is 3.34. The van der Waals surface area contributed by atoms with Gasteiger partial charge in [0.1, 0.15) is 0 Å². The van der Waals surface area contributed by atoms with Crippen LogP contribution in [0.4, 0.5) is 5.95 Å². The normalized spacial score (nSPS) is 15.2. The lowest BCUT2D eigenvalue weighted by Crippen LogP contribution is -2.10. The van der Waals surface area contributed by atoms with Crippen molar-refractivity contribution >= 4 is 5.95 Å². The van der Waals surface area contributed by atoms with E-state index >= 15 is 0 Å². The number of anilines is 1. The first kappa shape index (κ1) is 13.1. The SMILES string of the molecule is CC(C)(C)c1ccc(-c2ccnc(NC3CC3)n2)cc1. The van der Waals surface area contributed by atoms with Gasteiger partial charge in [0.05, 0.1) is 5.69 Å². The zero-order chi connectivity index (χ0) is 14.2. The van der Waals surface area contributed by atoms with Gasteiger partial charge in [0, 0.05) is 17.8 Å². The number of nitrogens with zero attached hydrogens (tertiary/aromatic N) is 2. The molecule has 1 N–H and O–H groups in total. The van der Waals surface area contributed by atoms with Gasteiger partial charge in [-0.2, -0.15) is 0 Å². The molecule has 3 rings (SSSR count). The van der Waals surface area contributed by atoms with Gasteiger partial charge in [0.2, 0.25) is 5.95 Å². The number of hydrogen-bond donors (Lipinski definition) is 1. The maximum atomic E-state index is 4.59. The Morgan fingerprint density at radius 3 is 2.35 bits per heavy atom. The Hall–Kier alpha value is -1.90. The van der Waals surface area contributed by atoms with Crippen LogP contribution in [0.5, 0.6) is 0 Å². The summed E-state index contributed by atoms with van der Waals surface area (Å²) < 4.78 is 0. The van der Waals surface area contributed by atoms with Crippen molar-refractivity contribution in [2.75, 3.05) is 5.32 Å². The zero-order valence-corrected chi connectivity index (χ0v) is 12.4. The highest BCUT2D eigenvalue weighted by atomic mass is 15.1. The number of aromatic nitrogens is 2. The lowest BCUT2D eigenvalue weighted by Gasteiger charge is -2.19. The summed E-state index contributed by atoms with van der Waals surface area (Å²) in [7, 11) is 0. The summed E-state index contributed by atoms with van der Waals surface area (Å²) in [5.74, 6) is 0.741. The minimum absolute atomic E-state index is 0.183. The van der Waals surface area contributed by atoms with E-state index in [2.05, 4.69) is 60.3 Å². The van der Waals surface area contributed by atoms with Gasteiger partial charge in [-0.15, -0.1) is 0 Å². The van der Waals surface area contributed by atoms with Crippen LogP contribution in [-0.2, 0) is 5.41 Å². The van der Waals surface area contributed by atoms with Crippen molar-refractivity contribution in [2.24, 2.45) is 0 Å². The molecule has 1 aromatic heterocycles. The number of rotatable bonds is 3. The fourth-order valence-corrected chi connectivity index (χ4v) is 2.14. The molecule has 0 atom stereocenters. The van der Waals surface area contributed by atoms with Crippen molar-refractivity contribution in [3.63, 3.8) is 0 Å². The molecule has 104 valence electrons. The van der Waals surface area contributed by atoms with E-state index in [-0.39, 0.29) is 5.41 Å². The smallest absolute Gasteiger partial charge is 0.223 e. The zero-order valence-electron chi connectivity index (χ0n) is 12.4. The molecular formula is C17H21N3. The van der Waals surface area contributed by atoms with Gasteiger partial charge in [0.25, 0.3) is 0 Å². The Balaban J connectivity index is 1.84. The van der Waals surface area contributed by atoms with Crippen molar-refractivity contribution in [3.05, 3.63) is 42.1 Å². The topological polar surface area (TPSA) is 37.8 Å². The van der Waals surface area contributed by atoms with Crippen LogP contribution in [0.2, 0.25) is 0 Å². The van der Waals surface area contributed by atoms with E-state index in [0.717, 1.165) is 17.2 Å². The average Bonchev–Trinajstić information content (AvgIpc) is 3.22. The monoisotopic (exact) mass is 267 g/mol. The summed E-state index contributed by atoms with van der Waals surface area (Å²) in [6.45, 7) is 6.68. The predicted molar refractivity (Wildman–Crippen MR) is 82.8 cm³/mol. The largest absolute Gasteiger partial charge is 0.351 e. The third kappa shape index (κ3) is 2.98. The van der Waals surface area contributed by atoms with Crippen LogP contribution < -0.4 is 5.32 Å². The molecule has 3 nitrogen and oxygen atoms in total. The van der Waals surface area contributed by atoms with Crippen LogP contribution in [0, 0.1) is 0 Å². The Bertz CT molecular complexity index is 592. The molecule has 1 saturated carbocycles. The van der Waals surface area contributed by atoms with Crippen molar-refractivity contribution in [1.82, 2.24) is 9.97 Å². The molecule has 1 aliphatic carbocycles. The first-order valence-corrected chi connectivity index (χ1v) is 7.23. The molecule has 0 unspecified atom stereocenters. The fourth-order valence-electron chi connectivity index (χ4n) is 2.14. The summed E-state index contributed by atoms with van der Waals surface area (Å²) in [4.78, 5) is 8.87. The van der Waals surface area contributed by atoms with E-state index in [9.17, 15) is 0 Å². The summed E-state index contributed by atoms with van der Waals surface area (Å²) in [6, 6.07) is 11.2. The first-order valence-electron chi connectivity index (χ1n) is 7.23. The van der Waals surface area contributed by atoms with E-state index in [4.69, 9.17) is 0 Å². The molecule has 1 fully saturated rings. The van der Waals surface area contributed by atoms with Crippen LogP contribution >= 0.6 is 0 Å². The van der Waals surface area contributed by atoms with Crippen molar-refractivity contribution in [1.29, 1.82) is 0 Å². The van der Waals surface area contributed by atoms with Gasteiger partial charge in [0.15, 0.2) is 0 Å². The molecule has 0 saturated heterocycles. The van der Waals surface area contributed by atoms with Crippen LogP contribution in [0.25, 0.3) is 11.3 Å². The van der Waals surface area contributed by atoms with Crippen molar-refractivity contribution in [3.8, 4) is 11.3 Å². The Morgan fingerprint density at radius 1 is 1.05 bits per heavy atom. The highest BCUT2D eigenvalue weighted by Gasteiger charge is 2.22. The van der Waals surface area contributed by atoms with Crippen LogP contribution in [-0.4, -0.2) is 16.0 Å². The van der Waals surface area contributed by atoms with Gasteiger partial charge >= 0.3 is 0 Å². The third-order valence-corrected chi connectivity index (χ3v) is 3.61. The van der Waals surface area contributed by atoms with Crippen molar-refractivity contribution in [2.45, 2.75) is 45.1 Å². The van der Waals surface area contributed by atoms with Gasteiger partial charge in [-0.05, 0) is 29.9 Å². The minimum Gasteiger partial charge on any atom is -0.351 e. The van der Waals surface area contributed by atoms with E-state index < -0.39 is 0 Å². The van der Waals surface area contributed by atoms with Crippen LogP contribution in [0.3, 0.4) is 0 Å². The fraction of sp³-hybridized carbons (Fsp3) is 0.412. The molecule has 1 aromatic carbocycles. The van der Waals surface area contributed by atoms with Gasteiger partial charge in [-0.1, -0.05) is 45.0 Å². The van der Waals surface area contributed by atoms with E-state index in [1.54, 1.807) is 0 Å². The standard InChI is InChI=1S/C17H21N3/c1-17(2,3)13-6-4-12(5-7-13)15-10-11-18-16(20-15)19-14-8-9-14/h4-7,10-11,14H,8-9H2,1-3H3,(H,18,19,20). The third-order valence-electron chi connectivity index (χ3n) is 3.61. The number of hydrogen-bond acceptors (Lipinski definition) is 3. The average molecular weight is 267 g/mol. The van der Waals surface area contributed by atoms with E-state index in [0.29, 0.717) is 6.04 Å². The maximum Gasteiger partial charge on any atom is 0.223 e. The predicted octanol–water partition coefficient (Wildman–Crippen LogP) is 4.02. The Morgan fingerprint density at radius 2 is 1.75 bits per heavy atom. The number of benzene rings is 1. The van der Waals surface area contributed by atoms with E-state index in [1.807, 2.05) is 12.3 Å². The maximum absolute atomic E-state index is 4.59. The lowest BCUT2D eigenvalue weighted by atomic mass is 9.86. The van der Waals surface area contributed by atoms with Crippen molar-refractivity contribution < 1.29 is 0 Å². The second-order valence-corrected chi connectivity index (χ2v) is 6.51. The molecule has 1 heterocycles. The van der Waals surface area contributed by atoms with Crippen LogP contribution in [0.1, 0.15) is 39.2 Å². The molecule has 20 heavy (non-hydrogen) atoms. The quantitative estimate of drug-likeness (QED) is 0.913. The van der Waals surface area contributed by atoms with Gasteiger partial charge < -0.3 is 5.32 Å². The Labute approximate surface area is 120 Å². The second kappa shape index (κ2) is 4.89. The highest BCUT2D eigenvalue weighted by molar-refractivity contribution is 5.60. The van der Waals surface area contributed by atoms with E-state index in [1.165, 1.54) is 18.4 Å². The highest BCUT2D eigenvalue weighted by Crippen LogP contribution is 2.26. The molecule has 3 heteroatoms. The summed E-state index contributed by atoms with van der Waals surface area (Å²) >= 11 is 0. The summed E-state index contributed by atoms with van der Waals surface area (Å²) in [6.07, 6.45) is 4.28. The Kier molecular flexibility index (Phi) is 3.20.